The van der Waals surface area contributed by atoms with Crippen LogP contribution in [0.5, 0.6) is 0 Å². The zero-order chi connectivity index (χ0) is 26.3. The number of nitrogens with one attached hydrogen (secondary N) is 2. The summed E-state index contributed by atoms with van der Waals surface area (Å²) in [6.45, 7) is 5.39. The lowest BCUT2D eigenvalue weighted by Gasteiger charge is -2.21. The molecule has 0 fully saturated rings. The van der Waals surface area contributed by atoms with Crippen molar-refractivity contribution in [2.75, 3.05) is 0 Å². The van der Waals surface area contributed by atoms with Crippen LogP contribution in [0.3, 0.4) is 0 Å². The zero-order valence-corrected chi connectivity index (χ0v) is 21.6. The molecule has 0 aliphatic carbocycles. The number of sulfonamides is 1. The van der Waals surface area contributed by atoms with Gasteiger partial charge in [0.05, 0.1) is 17.7 Å². The molecule has 9 nitrogen and oxygen atoms in total. The first-order chi connectivity index (χ1) is 17.0. The highest BCUT2D eigenvalue weighted by atomic mass is 35.5. The largest absolute Gasteiger partial charge is 0.459 e. The average Bonchev–Trinajstić information content (AvgIpc) is 3.27. The molecular weight excluding hydrogens is 504 g/mol. The van der Waals surface area contributed by atoms with Crippen molar-refractivity contribution in [2.45, 2.75) is 44.8 Å². The Kier molecular flexibility index (Phi) is 9.03. The maximum atomic E-state index is 13.5. The van der Waals surface area contributed by atoms with E-state index in [1.807, 2.05) is 6.92 Å². The van der Waals surface area contributed by atoms with Crippen LogP contribution < -0.4 is 10.7 Å². The predicted octanol–water partition coefficient (Wildman–Crippen LogP) is 3.61. The number of furan rings is 1. The minimum atomic E-state index is -3.86. The summed E-state index contributed by atoms with van der Waals surface area (Å²) in [5.41, 5.74) is 3.82. The van der Waals surface area contributed by atoms with E-state index in [-0.39, 0.29) is 29.8 Å². The Bertz CT molecular complexity index is 1330. The Morgan fingerprint density at radius 3 is 2.31 bits per heavy atom. The van der Waals surface area contributed by atoms with Crippen LogP contribution in [0.4, 0.5) is 0 Å². The molecule has 190 valence electrons. The minimum Gasteiger partial charge on any atom is -0.459 e. The van der Waals surface area contributed by atoms with E-state index < -0.39 is 21.8 Å². The van der Waals surface area contributed by atoms with E-state index in [1.54, 1.807) is 74.5 Å². The molecule has 0 aliphatic rings. The summed E-state index contributed by atoms with van der Waals surface area (Å²) >= 11 is 5.97. The second-order valence-electron chi connectivity index (χ2n) is 8.34. The van der Waals surface area contributed by atoms with Gasteiger partial charge in [-0.15, -0.1) is 0 Å². The molecule has 0 bridgehead atoms. The summed E-state index contributed by atoms with van der Waals surface area (Å²) in [4.78, 5) is 23.5. The van der Waals surface area contributed by atoms with Gasteiger partial charge in [0.1, 0.15) is 11.5 Å². The fourth-order valence-corrected chi connectivity index (χ4v) is 4.65. The van der Waals surface area contributed by atoms with Crippen molar-refractivity contribution in [3.05, 3.63) is 88.3 Å². The summed E-state index contributed by atoms with van der Waals surface area (Å²) in [7, 11) is -3.86. The van der Waals surface area contributed by atoms with E-state index in [4.69, 9.17) is 16.0 Å². The van der Waals surface area contributed by atoms with Gasteiger partial charge in [0.2, 0.25) is 10.0 Å². The first kappa shape index (κ1) is 27.1. The van der Waals surface area contributed by atoms with E-state index in [0.29, 0.717) is 10.8 Å². The third-order valence-corrected chi connectivity index (χ3v) is 6.99. The number of benzene rings is 2. The maximum absolute atomic E-state index is 13.5. The molecule has 3 aromatic rings. The summed E-state index contributed by atoms with van der Waals surface area (Å²) in [5.74, 6) is -1.08. The van der Waals surface area contributed by atoms with Crippen LogP contribution in [0.1, 0.15) is 36.5 Å². The zero-order valence-electron chi connectivity index (χ0n) is 20.1. The molecule has 0 spiro atoms. The van der Waals surface area contributed by atoms with Crippen molar-refractivity contribution in [3.8, 4) is 0 Å². The number of amides is 2. The van der Waals surface area contributed by atoms with Crippen molar-refractivity contribution < 1.29 is 22.4 Å². The fraction of sp³-hybridized carbons (Fsp3) is 0.240. The fourth-order valence-electron chi connectivity index (χ4n) is 3.13. The molecule has 3 rings (SSSR count). The highest BCUT2D eigenvalue weighted by molar-refractivity contribution is 7.89. The summed E-state index contributed by atoms with van der Waals surface area (Å²) in [6.07, 6.45) is 1.22. The molecule has 0 saturated carbocycles. The van der Waals surface area contributed by atoms with Crippen LogP contribution in [0, 0.1) is 6.92 Å². The predicted molar refractivity (Wildman–Crippen MR) is 137 cm³/mol. The third kappa shape index (κ3) is 7.51. The number of aryl methyl sites for hydroxylation is 1. The molecule has 2 amide bonds. The average molecular weight is 531 g/mol. The van der Waals surface area contributed by atoms with E-state index in [2.05, 4.69) is 15.8 Å². The van der Waals surface area contributed by atoms with Gasteiger partial charge in [0, 0.05) is 17.6 Å². The SMILES string of the molecule is Cc1ccc(S(=O)(=O)N(Cc2ccc(Cl)cc2)Cc2ccc(/C=N/NC(=O)C(=O)NC(C)C)o2)cc1. The van der Waals surface area contributed by atoms with E-state index in [9.17, 15) is 18.0 Å². The Balaban J connectivity index is 1.77. The molecule has 11 heteroatoms. The Morgan fingerprint density at radius 2 is 1.67 bits per heavy atom. The number of carbonyl (C=O) groups excluding carboxylic acids is 2. The monoisotopic (exact) mass is 530 g/mol. The van der Waals surface area contributed by atoms with Gasteiger partial charge in [0.15, 0.2) is 0 Å². The van der Waals surface area contributed by atoms with Gasteiger partial charge < -0.3 is 9.73 Å². The second-order valence-corrected chi connectivity index (χ2v) is 10.7. The minimum absolute atomic E-state index is 0.0458. The summed E-state index contributed by atoms with van der Waals surface area (Å²) < 4.78 is 33.9. The molecule has 1 aromatic heterocycles. The lowest BCUT2D eigenvalue weighted by Crippen LogP contribution is -2.41. The number of hydrogen-bond donors (Lipinski definition) is 2. The molecule has 0 aliphatic heterocycles. The number of halogens is 1. The van der Waals surface area contributed by atoms with Crippen LogP contribution in [0.15, 0.2) is 75.1 Å². The molecule has 36 heavy (non-hydrogen) atoms. The Morgan fingerprint density at radius 1 is 1.00 bits per heavy atom. The van der Waals surface area contributed by atoms with Crippen molar-refractivity contribution in [1.29, 1.82) is 0 Å². The highest BCUT2D eigenvalue weighted by Gasteiger charge is 2.26. The first-order valence-corrected chi connectivity index (χ1v) is 12.9. The van der Waals surface area contributed by atoms with Crippen LogP contribution in [-0.4, -0.2) is 36.8 Å². The van der Waals surface area contributed by atoms with E-state index in [1.165, 1.54) is 10.5 Å². The normalized spacial score (nSPS) is 11.8. The highest BCUT2D eigenvalue weighted by Crippen LogP contribution is 2.23. The van der Waals surface area contributed by atoms with Gasteiger partial charge in [-0.1, -0.05) is 41.4 Å². The van der Waals surface area contributed by atoms with Gasteiger partial charge >= 0.3 is 11.8 Å². The maximum Gasteiger partial charge on any atom is 0.329 e. The second kappa shape index (κ2) is 12.0. The Labute approximate surface area is 215 Å². The number of hydrazone groups is 1. The molecule has 1 heterocycles. The standard InChI is InChI=1S/C25H27ClN4O5S/c1-17(2)28-24(31)25(32)29-27-14-21-10-11-22(35-21)16-30(15-19-6-8-20(26)9-7-19)36(33,34)23-12-4-18(3)5-13-23/h4-14,17H,15-16H2,1-3H3,(H,28,31)(H,29,32)/b27-14+. The van der Waals surface area contributed by atoms with Crippen molar-refractivity contribution >= 4 is 39.7 Å². The molecule has 2 N–H and O–H groups in total. The molecule has 0 radical (unpaired) electrons. The number of hydrogen-bond acceptors (Lipinski definition) is 6. The van der Waals surface area contributed by atoms with E-state index >= 15 is 0 Å². The van der Waals surface area contributed by atoms with Crippen LogP contribution in [0.2, 0.25) is 5.02 Å². The topological polar surface area (TPSA) is 121 Å². The van der Waals surface area contributed by atoms with Gasteiger partial charge in [0.25, 0.3) is 0 Å². The van der Waals surface area contributed by atoms with Gasteiger partial charge in [-0.05, 0) is 62.7 Å². The lowest BCUT2D eigenvalue weighted by molar-refractivity contribution is -0.139. The molecule has 2 aromatic carbocycles. The Hall–Kier alpha value is -3.47. The molecule has 0 atom stereocenters. The quantitative estimate of drug-likeness (QED) is 0.249. The van der Waals surface area contributed by atoms with Gasteiger partial charge in [-0.25, -0.2) is 13.8 Å². The van der Waals surface area contributed by atoms with Gasteiger partial charge in [-0.2, -0.15) is 9.41 Å². The van der Waals surface area contributed by atoms with Crippen LogP contribution in [0.25, 0.3) is 0 Å². The van der Waals surface area contributed by atoms with E-state index in [0.717, 1.165) is 11.1 Å². The molecule has 0 unspecified atom stereocenters. The van der Waals surface area contributed by atoms with Gasteiger partial charge in [-0.3, -0.25) is 9.59 Å². The first-order valence-electron chi connectivity index (χ1n) is 11.1. The number of rotatable bonds is 9. The van der Waals surface area contributed by atoms with Crippen molar-refractivity contribution in [3.63, 3.8) is 0 Å². The molecular formula is C25H27ClN4O5S. The summed E-state index contributed by atoms with van der Waals surface area (Å²) in [5, 5.41) is 6.72. The van der Waals surface area contributed by atoms with Crippen LogP contribution in [-0.2, 0) is 32.7 Å². The van der Waals surface area contributed by atoms with Crippen LogP contribution >= 0.6 is 11.6 Å². The van der Waals surface area contributed by atoms with Crippen molar-refractivity contribution in [2.24, 2.45) is 5.10 Å². The summed E-state index contributed by atoms with van der Waals surface area (Å²) in [6, 6.07) is 16.6. The smallest absolute Gasteiger partial charge is 0.329 e. The molecule has 0 saturated heterocycles. The third-order valence-electron chi connectivity index (χ3n) is 4.93. The lowest BCUT2D eigenvalue weighted by atomic mass is 10.2. The number of carbonyl (C=O) groups is 2. The number of nitrogens with zero attached hydrogens (tertiary/aromatic N) is 2. The van der Waals surface area contributed by atoms with Crippen molar-refractivity contribution in [1.82, 2.24) is 15.0 Å².